The highest BCUT2D eigenvalue weighted by Gasteiger charge is 2.26. The van der Waals surface area contributed by atoms with Crippen molar-refractivity contribution in [3.05, 3.63) is 59.3 Å². The SMILES string of the molecule is CC(C(=O)O)c1cc(-c2cccc(Cl)c2)c2cccoc1-2. The lowest BCUT2D eigenvalue weighted by atomic mass is 10.0. The van der Waals surface area contributed by atoms with Gasteiger partial charge in [-0.25, -0.2) is 0 Å². The Hall–Kier alpha value is -2.26. The maximum Gasteiger partial charge on any atom is 0.310 e. The number of hydrogen-bond donors (Lipinski definition) is 1. The van der Waals surface area contributed by atoms with Crippen LogP contribution in [-0.4, -0.2) is 11.1 Å². The highest BCUT2D eigenvalue weighted by Crippen LogP contribution is 2.42. The van der Waals surface area contributed by atoms with Crippen LogP contribution < -0.4 is 0 Å². The highest BCUT2D eigenvalue weighted by molar-refractivity contribution is 6.30. The minimum atomic E-state index is -0.876. The second-order valence-corrected chi connectivity index (χ2v) is 5.38. The molecule has 1 unspecified atom stereocenters. The van der Waals surface area contributed by atoms with Gasteiger partial charge in [-0.2, -0.15) is 0 Å². The van der Waals surface area contributed by atoms with E-state index in [0.29, 0.717) is 16.3 Å². The summed E-state index contributed by atoms with van der Waals surface area (Å²) in [5, 5.41) is 9.90. The Kier molecular flexibility index (Phi) is 3.43. The molecule has 0 radical (unpaired) electrons. The van der Waals surface area contributed by atoms with E-state index < -0.39 is 11.9 Å². The molecule has 0 saturated carbocycles. The molecule has 3 rings (SSSR count). The predicted molar refractivity (Wildman–Crippen MR) is 81.8 cm³/mol. The van der Waals surface area contributed by atoms with Crippen molar-refractivity contribution in [3.8, 4) is 22.5 Å². The Bertz CT molecular complexity index is 775. The molecule has 0 fully saturated rings. The normalized spacial score (nSPS) is 12.5. The maximum absolute atomic E-state index is 11.3. The summed E-state index contributed by atoms with van der Waals surface area (Å²) in [6.07, 6.45) is 1.56. The van der Waals surface area contributed by atoms with Crippen molar-refractivity contribution in [2.45, 2.75) is 12.8 Å². The summed E-state index contributed by atoms with van der Waals surface area (Å²) < 4.78 is 5.55. The maximum atomic E-state index is 11.3. The molecular weight excluding hydrogens is 288 g/mol. The number of carbonyl (C=O) groups is 1. The summed E-state index contributed by atoms with van der Waals surface area (Å²) in [4.78, 5) is 11.3. The summed E-state index contributed by atoms with van der Waals surface area (Å²) in [6.45, 7) is 1.65. The van der Waals surface area contributed by atoms with Gasteiger partial charge in [0, 0.05) is 16.1 Å². The molecule has 0 aromatic heterocycles. The van der Waals surface area contributed by atoms with Gasteiger partial charge in [0.1, 0.15) is 5.76 Å². The molecule has 1 aliphatic carbocycles. The first-order valence-corrected chi connectivity index (χ1v) is 6.94. The van der Waals surface area contributed by atoms with Gasteiger partial charge in [0.05, 0.1) is 12.2 Å². The lowest BCUT2D eigenvalue weighted by molar-refractivity contribution is -0.138. The molecule has 1 heterocycles. The molecule has 0 bridgehead atoms. The van der Waals surface area contributed by atoms with E-state index in [4.69, 9.17) is 16.0 Å². The van der Waals surface area contributed by atoms with E-state index in [-0.39, 0.29) is 0 Å². The first kappa shape index (κ1) is 13.7. The molecule has 3 nitrogen and oxygen atoms in total. The van der Waals surface area contributed by atoms with Crippen LogP contribution in [0.2, 0.25) is 5.02 Å². The number of benzene rings is 1. The summed E-state index contributed by atoms with van der Waals surface area (Å²) in [7, 11) is 0. The Morgan fingerprint density at radius 3 is 2.71 bits per heavy atom. The molecule has 0 amide bonds. The molecule has 21 heavy (non-hydrogen) atoms. The van der Waals surface area contributed by atoms with Crippen molar-refractivity contribution in [3.63, 3.8) is 0 Å². The number of fused-ring (bicyclic) bond motifs is 1. The molecule has 1 aromatic carbocycles. The molecule has 0 saturated heterocycles. The van der Waals surface area contributed by atoms with Crippen molar-refractivity contribution in [2.24, 2.45) is 0 Å². The molecule has 2 aliphatic rings. The van der Waals surface area contributed by atoms with Gasteiger partial charge in [-0.1, -0.05) is 23.7 Å². The van der Waals surface area contributed by atoms with Crippen LogP contribution in [0.1, 0.15) is 18.4 Å². The number of aliphatic carboxylic acids is 1. The van der Waals surface area contributed by atoms with E-state index in [0.717, 1.165) is 16.7 Å². The monoisotopic (exact) mass is 300 g/mol. The number of hydrogen-bond acceptors (Lipinski definition) is 2. The predicted octanol–water partition coefficient (Wildman–Crippen LogP) is 4.89. The quantitative estimate of drug-likeness (QED) is 0.749. The first-order chi connectivity index (χ1) is 10.1. The van der Waals surface area contributed by atoms with Gasteiger partial charge in [-0.3, -0.25) is 4.79 Å². The zero-order chi connectivity index (χ0) is 15.0. The van der Waals surface area contributed by atoms with Crippen LogP contribution in [0, 0.1) is 0 Å². The van der Waals surface area contributed by atoms with E-state index >= 15 is 0 Å². The second-order valence-electron chi connectivity index (χ2n) is 4.94. The minimum absolute atomic E-state index is 0.613. The molecule has 1 atom stereocenters. The third-order valence-electron chi connectivity index (χ3n) is 3.60. The summed E-state index contributed by atoms with van der Waals surface area (Å²) in [5.74, 6) is -0.896. The van der Waals surface area contributed by atoms with Crippen LogP contribution >= 0.6 is 11.6 Å². The summed E-state index contributed by atoms with van der Waals surface area (Å²) in [5.41, 5.74) is 3.44. The van der Waals surface area contributed by atoms with Gasteiger partial charge in [0.15, 0.2) is 0 Å². The van der Waals surface area contributed by atoms with Crippen molar-refractivity contribution in [2.75, 3.05) is 0 Å². The van der Waals surface area contributed by atoms with E-state index in [1.807, 2.05) is 30.3 Å². The van der Waals surface area contributed by atoms with E-state index in [9.17, 15) is 9.90 Å². The van der Waals surface area contributed by atoms with Crippen LogP contribution in [-0.2, 0) is 4.79 Å². The molecule has 0 spiro atoms. The van der Waals surface area contributed by atoms with Crippen molar-refractivity contribution >= 4 is 17.6 Å². The standard InChI is InChI=1S/C17H13ClO3/c1-10(17(19)20)14-9-15(11-4-2-5-12(18)8-11)13-6-3-7-21-16(13)14/h2-10H,1H3,(H,19,20). The molecule has 106 valence electrons. The van der Waals surface area contributed by atoms with Gasteiger partial charge in [-0.05, 0) is 48.4 Å². The Balaban J connectivity index is 2.22. The zero-order valence-corrected chi connectivity index (χ0v) is 12.1. The largest absolute Gasteiger partial charge is 0.481 e. The molecule has 1 N–H and O–H groups in total. The number of rotatable bonds is 3. The van der Waals surface area contributed by atoms with Crippen LogP contribution in [0.5, 0.6) is 0 Å². The first-order valence-electron chi connectivity index (χ1n) is 6.57. The number of halogens is 1. The van der Waals surface area contributed by atoms with Crippen LogP contribution in [0.4, 0.5) is 0 Å². The molecule has 4 heteroatoms. The van der Waals surface area contributed by atoms with Gasteiger partial charge < -0.3 is 9.52 Å². The smallest absolute Gasteiger partial charge is 0.310 e. The van der Waals surface area contributed by atoms with Crippen LogP contribution in [0.25, 0.3) is 22.5 Å². The van der Waals surface area contributed by atoms with E-state index in [1.165, 1.54) is 0 Å². The highest BCUT2D eigenvalue weighted by atomic mass is 35.5. The zero-order valence-electron chi connectivity index (χ0n) is 11.3. The number of carboxylic acid groups (broad SMARTS) is 1. The fraction of sp³-hybridized carbons (Fsp3) is 0.118. The molecule has 1 aliphatic heterocycles. The molecule has 1 aromatic rings. The third-order valence-corrected chi connectivity index (χ3v) is 3.83. The van der Waals surface area contributed by atoms with Crippen molar-refractivity contribution < 1.29 is 14.3 Å². The second kappa shape index (κ2) is 5.26. The van der Waals surface area contributed by atoms with Crippen LogP contribution in [0.3, 0.4) is 0 Å². The summed E-state index contributed by atoms with van der Waals surface area (Å²) >= 11 is 6.05. The van der Waals surface area contributed by atoms with Gasteiger partial charge in [0.25, 0.3) is 0 Å². The fourth-order valence-corrected chi connectivity index (χ4v) is 2.66. The number of carboxylic acids is 1. The molecular formula is C17H13ClO3. The fourth-order valence-electron chi connectivity index (χ4n) is 2.47. The topological polar surface area (TPSA) is 50.4 Å². The van der Waals surface area contributed by atoms with Crippen molar-refractivity contribution in [1.82, 2.24) is 0 Å². The van der Waals surface area contributed by atoms with Gasteiger partial charge >= 0.3 is 5.97 Å². The lowest BCUT2D eigenvalue weighted by Gasteiger charge is -2.06. The average Bonchev–Trinajstić information content (AvgIpc) is 2.86. The Labute approximate surface area is 127 Å². The average molecular weight is 301 g/mol. The van der Waals surface area contributed by atoms with E-state index in [1.54, 1.807) is 25.3 Å². The van der Waals surface area contributed by atoms with Crippen molar-refractivity contribution in [1.29, 1.82) is 0 Å². The van der Waals surface area contributed by atoms with Gasteiger partial charge in [0.2, 0.25) is 0 Å². The van der Waals surface area contributed by atoms with Gasteiger partial charge in [-0.15, -0.1) is 0 Å². The van der Waals surface area contributed by atoms with Crippen LogP contribution in [0.15, 0.2) is 53.1 Å². The van der Waals surface area contributed by atoms with E-state index in [2.05, 4.69) is 0 Å². The Morgan fingerprint density at radius 2 is 2.00 bits per heavy atom. The Morgan fingerprint density at radius 1 is 1.19 bits per heavy atom. The minimum Gasteiger partial charge on any atom is -0.481 e. The third kappa shape index (κ3) is 2.41. The summed E-state index contributed by atoms with van der Waals surface area (Å²) in [6, 6.07) is 13.1. The lowest BCUT2D eigenvalue weighted by Crippen LogP contribution is -2.06.